The van der Waals surface area contributed by atoms with Crippen LogP contribution in [-0.2, 0) is 76.1 Å². The summed E-state index contributed by atoms with van der Waals surface area (Å²) in [5.74, 6) is 0. The quantitative estimate of drug-likeness (QED) is 0.0793. The first-order chi connectivity index (χ1) is 40.9. The Kier molecular flexibility index (Phi) is 25.8. The molecule has 37 heteroatoms. The van der Waals surface area contributed by atoms with E-state index >= 15 is 0 Å². The SMILES string of the molecule is CC(C)(C)OOC(C)(C)C.OC[C@H]1O[C@@H]2O[C@H]3[C@H](O)[C@@H](O)[C@@H](O[C@H]4[C@H](O)[C@@H](O)[C@@H](O[C@H]5[C@H](O)[C@@H](O)[C@@H](O[C@H]6[C@H](O)[C@@H](O)[C@@H](O[C@H]7[C@H](O)[C@@H](O)[C@@H](O[C@H]8[C@H](O)[C@@H](O)[C@@H](O[C@H]1[C@H](O)[C@H]2O)O[C@@H]8CO)O[C@@H]7CO)O[C@@H]6CO)O[C@@H]5CO)O[C@@H]4CO)O[C@@H]3CO. The lowest BCUT2D eigenvalue weighted by Crippen LogP contribution is -2.68. The second-order valence-electron chi connectivity index (χ2n) is 24.0. The standard InChI is InChI=1S/C42H70O35.C8H18O2/c43-1-8-29-15(50)22(57)36(64-8)72-30-9(2-44)66-38(24(59)17(30)52)74-32-11(4-46)68-40(26(61)19(32)54)76-34-13(6-48)70-42(28(63)21(34)56)77-35-14(7-49)69-41(27(62)20(35)55)75-33-12(5-47)67-39(25(60)18(33)53)73-31-10(3-45)65-37(71-29)23(58)16(31)51;1-7(2,3)9-10-8(4,5)6/h8-63H,1-7H2;1-6H3/t8-,9-,10-,11-,12-,13-,14-,15-,16-,17-,18-,19-,20-,21-,22-,23-,24-,25-,26-,27-,28-,29-,30-,31-,32-,33-,34-,35-,36-,37-,38-,39-,40-,41-,42-;/m1./s1. The van der Waals surface area contributed by atoms with Gasteiger partial charge in [0.1, 0.15) is 171 Å². The molecule has 87 heavy (non-hydrogen) atoms. The first-order valence-electron chi connectivity index (χ1n) is 28.2. The minimum atomic E-state index is -2.21. The molecule has 0 aliphatic carbocycles. The van der Waals surface area contributed by atoms with E-state index in [4.69, 9.17) is 76.1 Å². The minimum Gasteiger partial charge on any atom is -0.394 e. The summed E-state index contributed by atoms with van der Waals surface area (Å²) in [6, 6.07) is 0. The van der Waals surface area contributed by atoms with Crippen molar-refractivity contribution in [2.75, 3.05) is 46.2 Å². The van der Waals surface area contributed by atoms with E-state index < -0.39 is 261 Å². The second-order valence-corrected chi connectivity index (χ2v) is 24.0. The van der Waals surface area contributed by atoms with Crippen LogP contribution in [0.5, 0.6) is 0 Å². The van der Waals surface area contributed by atoms with Crippen LogP contribution in [0.3, 0.4) is 0 Å². The summed E-state index contributed by atoms with van der Waals surface area (Å²) in [7, 11) is 0. The topological polar surface area (TPSA) is 573 Å². The van der Waals surface area contributed by atoms with Gasteiger partial charge in [0.25, 0.3) is 0 Å². The van der Waals surface area contributed by atoms with E-state index in [2.05, 4.69) is 0 Å². The number of hydrogen-bond donors (Lipinski definition) is 21. The fourth-order valence-corrected chi connectivity index (χ4v) is 10.7. The predicted molar refractivity (Wildman–Crippen MR) is 270 cm³/mol. The van der Waals surface area contributed by atoms with Crippen LogP contribution in [0.4, 0.5) is 0 Å². The van der Waals surface area contributed by atoms with Crippen LogP contribution in [0, 0.1) is 0 Å². The van der Waals surface area contributed by atoms with Crippen LogP contribution < -0.4 is 0 Å². The number of hydrogen-bond acceptors (Lipinski definition) is 37. The maximum atomic E-state index is 11.3. The average molecular weight is 1280 g/mol. The highest BCUT2D eigenvalue weighted by Gasteiger charge is 2.59. The van der Waals surface area contributed by atoms with Gasteiger partial charge in [0, 0.05) is 0 Å². The Morgan fingerprint density at radius 2 is 0.322 bits per heavy atom. The smallest absolute Gasteiger partial charge is 0.187 e. The maximum absolute atomic E-state index is 11.3. The van der Waals surface area contributed by atoms with Crippen LogP contribution >= 0.6 is 0 Å². The molecule has 0 unspecified atom stereocenters. The van der Waals surface area contributed by atoms with E-state index in [9.17, 15) is 107 Å². The van der Waals surface area contributed by atoms with Gasteiger partial charge in [-0.1, -0.05) is 0 Å². The zero-order valence-corrected chi connectivity index (χ0v) is 48.1. The molecule has 14 bridgehead atoms. The van der Waals surface area contributed by atoms with E-state index in [-0.39, 0.29) is 11.2 Å². The predicted octanol–water partition coefficient (Wildman–Crippen LogP) is -12.7. The van der Waals surface area contributed by atoms with Crippen molar-refractivity contribution in [1.82, 2.24) is 0 Å². The normalized spacial score (nSPS) is 50.6. The second kappa shape index (κ2) is 30.7. The van der Waals surface area contributed by atoms with Crippen molar-refractivity contribution in [2.24, 2.45) is 0 Å². The van der Waals surface area contributed by atoms with Crippen LogP contribution in [0.25, 0.3) is 0 Å². The van der Waals surface area contributed by atoms with Crippen molar-refractivity contribution in [2.45, 2.75) is 268 Å². The Bertz CT molecular complexity index is 1680. The van der Waals surface area contributed by atoms with Gasteiger partial charge in [0.15, 0.2) is 44.0 Å². The molecule has 510 valence electrons. The molecule has 21 aliphatic heterocycles. The summed E-state index contributed by atoms with van der Waals surface area (Å²) in [5, 5.41) is 230. The first-order valence-corrected chi connectivity index (χ1v) is 28.2. The van der Waals surface area contributed by atoms with Crippen molar-refractivity contribution in [3.8, 4) is 0 Å². The molecule has 21 heterocycles. The average Bonchev–Trinajstić information content (AvgIpc) is 1.01. The highest BCUT2D eigenvalue weighted by atomic mass is 17.2. The number of rotatable bonds is 8. The number of ether oxygens (including phenoxy) is 14. The van der Waals surface area contributed by atoms with Gasteiger partial charge in [0.05, 0.1) is 57.5 Å². The van der Waals surface area contributed by atoms with E-state index in [0.717, 1.165) is 0 Å². The monoisotopic (exact) mass is 1280 g/mol. The molecule has 0 radical (unpaired) electrons. The maximum Gasteiger partial charge on any atom is 0.187 e. The van der Waals surface area contributed by atoms with Crippen molar-refractivity contribution in [3.05, 3.63) is 0 Å². The Morgan fingerprint density at radius 3 is 0.414 bits per heavy atom. The first kappa shape index (κ1) is 72.9. The van der Waals surface area contributed by atoms with Gasteiger partial charge < -0.3 is 174 Å². The molecule has 0 spiro atoms. The molecule has 0 saturated carbocycles. The van der Waals surface area contributed by atoms with Gasteiger partial charge >= 0.3 is 0 Å². The third kappa shape index (κ3) is 16.4. The van der Waals surface area contributed by atoms with Crippen LogP contribution in [-0.4, -0.2) is 380 Å². The highest BCUT2D eigenvalue weighted by Crippen LogP contribution is 2.39. The molecule has 21 fully saturated rings. The Morgan fingerprint density at radius 1 is 0.207 bits per heavy atom. The Hall–Kier alpha value is -1.48. The molecule has 0 aromatic carbocycles. The fraction of sp³-hybridized carbons (Fsp3) is 1.00. The Labute approximate surface area is 496 Å². The molecule has 0 aromatic rings. The molecule has 0 aromatic heterocycles. The van der Waals surface area contributed by atoms with Crippen molar-refractivity contribution in [3.63, 3.8) is 0 Å². The van der Waals surface area contributed by atoms with Crippen molar-refractivity contribution < 1.29 is 183 Å². The summed E-state index contributed by atoms with van der Waals surface area (Å²) in [6.45, 7) is 4.42. The largest absolute Gasteiger partial charge is 0.394 e. The van der Waals surface area contributed by atoms with Crippen LogP contribution in [0.2, 0.25) is 0 Å². The molecule has 21 saturated heterocycles. The number of aliphatic hydroxyl groups is 21. The molecular weight excluding hydrogens is 1190 g/mol. The van der Waals surface area contributed by atoms with Gasteiger partial charge in [-0.2, -0.15) is 0 Å². The summed E-state index contributed by atoms with van der Waals surface area (Å²) in [4.78, 5) is 10.2. The summed E-state index contributed by atoms with van der Waals surface area (Å²) < 4.78 is 79.5. The van der Waals surface area contributed by atoms with E-state index in [1.54, 1.807) is 0 Å². The molecule has 35 atom stereocenters. The zero-order chi connectivity index (χ0) is 64.5. The summed E-state index contributed by atoms with van der Waals surface area (Å²) in [6.07, 6.45) is -70.2. The molecule has 21 N–H and O–H groups in total. The third-order valence-corrected chi connectivity index (χ3v) is 15.3. The zero-order valence-electron chi connectivity index (χ0n) is 48.1. The van der Waals surface area contributed by atoms with Crippen LogP contribution in [0.1, 0.15) is 41.5 Å². The molecule has 21 rings (SSSR count). The lowest BCUT2D eigenvalue weighted by molar-refractivity contribution is -0.396. The van der Waals surface area contributed by atoms with Gasteiger partial charge in [0.2, 0.25) is 0 Å². The summed E-state index contributed by atoms with van der Waals surface area (Å²) in [5.41, 5.74) is -0.430. The molecule has 0 amide bonds. The number of aliphatic hydroxyl groups excluding tert-OH is 21. The lowest BCUT2D eigenvalue weighted by atomic mass is 9.95. The van der Waals surface area contributed by atoms with Crippen molar-refractivity contribution >= 4 is 0 Å². The third-order valence-electron chi connectivity index (χ3n) is 15.3. The highest BCUT2D eigenvalue weighted by molar-refractivity contribution is 5.02. The minimum absolute atomic E-state index is 0.215. The molecule has 37 nitrogen and oxygen atoms in total. The fourth-order valence-electron chi connectivity index (χ4n) is 10.7. The lowest BCUT2D eigenvalue weighted by Gasteiger charge is -2.50. The van der Waals surface area contributed by atoms with Gasteiger partial charge in [-0.15, -0.1) is 0 Å². The van der Waals surface area contributed by atoms with Gasteiger partial charge in [-0.3, -0.25) is 0 Å². The van der Waals surface area contributed by atoms with Gasteiger partial charge in [-0.25, -0.2) is 9.78 Å². The Balaban J connectivity index is 0.000000990. The van der Waals surface area contributed by atoms with Gasteiger partial charge in [-0.05, 0) is 41.5 Å². The van der Waals surface area contributed by atoms with E-state index in [0.29, 0.717) is 0 Å². The summed E-state index contributed by atoms with van der Waals surface area (Å²) >= 11 is 0. The van der Waals surface area contributed by atoms with Crippen LogP contribution in [0.15, 0.2) is 0 Å². The van der Waals surface area contributed by atoms with E-state index in [1.807, 2.05) is 41.5 Å². The molecular formula is C50H88O37. The van der Waals surface area contributed by atoms with E-state index in [1.165, 1.54) is 0 Å². The van der Waals surface area contributed by atoms with Crippen molar-refractivity contribution in [1.29, 1.82) is 0 Å². The molecule has 21 aliphatic rings.